The Morgan fingerprint density at radius 1 is 0.929 bits per heavy atom. The van der Waals surface area contributed by atoms with Gasteiger partial charge in [-0.2, -0.15) is 5.10 Å². The van der Waals surface area contributed by atoms with Crippen LogP contribution in [0.15, 0.2) is 94.5 Å². The topological polar surface area (TPSA) is 54.4 Å². The van der Waals surface area contributed by atoms with Gasteiger partial charge in [-0.3, -0.25) is 4.79 Å². The van der Waals surface area contributed by atoms with Gasteiger partial charge in [0, 0.05) is 15.4 Å². The van der Waals surface area contributed by atoms with Crippen molar-refractivity contribution in [3.8, 4) is 11.3 Å². The molecule has 0 aliphatic carbocycles. The number of amides is 1. The molecular formula is C23H16BrN3O. The standard InChI is InChI=1S/C23H16BrN3O/c24-18-12-10-16(11-13-18)15-25-27-23(28)20-14-22(17-6-2-1-3-7-17)26-21-9-5-4-8-19(20)21/h1-15H,(H,27,28)/b25-15-. The predicted molar refractivity (Wildman–Crippen MR) is 116 cm³/mol. The fourth-order valence-corrected chi connectivity index (χ4v) is 3.16. The van der Waals surface area contributed by atoms with Gasteiger partial charge in [-0.05, 0) is 29.8 Å². The summed E-state index contributed by atoms with van der Waals surface area (Å²) in [6.07, 6.45) is 1.62. The third-order valence-corrected chi connectivity index (χ3v) is 4.81. The van der Waals surface area contributed by atoms with Gasteiger partial charge in [0.15, 0.2) is 0 Å². The molecule has 0 fully saturated rings. The number of rotatable bonds is 4. The van der Waals surface area contributed by atoms with Crippen LogP contribution in [-0.2, 0) is 0 Å². The summed E-state index contributed by atoms with van der Waals surface area (Å²) in [6, 6.07) is 26.9. The van der Waals surface area contributed by atoms with Crippen LogP contribution in [0.2, 0.25) is 0 Å². The summed E-state index contributed by atoms with van der Waals surface area (Å²) < 4.78 is 0.991. The number of hydrazone groups is 1. The molecule has 1 aromatic heterocycles. The van der Waals surface area contributed by atoms with Crippen molar-refractivity contribution in [2.45, 2.75) is 0 Å². The second kappa shape index (κ2) is 8.15. The van der Waals surface area contributed by atoms with Gasteiger partial charge in [0.25, 0.3) is 5.91 Å². The van der Waals surface area contributed by atoms with Gasteiger partial charge in [0.2, 0.25) is 0 Å². The summed E-state index contributed by atoms with van der Waals surface area (Å²) >= 11 is 3.40. The van der Waals surface area contributed by atoms with E-state index in [4.69, 9.17) is 4.98 Å². The number of hydrogen-bond donors (Lipinski definition) is 1. The van der Waals surface area contributed by atoms with E-state index in [1.165, 1.54) is 0 Å². The zero-order chi connectivity index (χ0) is 19.3. The maximum Gasteiger partial charge on any atom is 0.272 e. The summed E-state index contributed by atoms with van der Waals surface area (Å²) in [5.41, 5.74) is 6.54. The Morgan fingerprint density at radius 2 is 1.64 bits per heavy atom. The van der Waals surface area contributed by atoms with Crippen molar-refractivity contribution in [2.24, 2.45) is 5.10 Å². The van der Waals surface area contributed by atoms with E-state index < -0.39 is 0 Å². The number of aromatic nitrogens is 1. The highest BCUT2D eigenvalue weighted by Crippen LogP contribution is 2.24. The summed E-state index contributed by atoms with van der Waals surface area (Å²) in [7, 11) is 0. The lowest BCUT2D eigenvalue weighted by Crippen LogP contribution is -2.18. The number of carbonyl (C=O) groups excluding carboxylic acids is 1. The maximum atomic E-state index is 12.8. The van der Waals surface area contributed by atoms with Crippen molar-refractivity contribution in [3.63, 3.8) is 0 Å². The number of para-hydroxylation sites is 1. The molecule has 1 heterocycles. The first kappa shape index (κ1) is 18.1. The van der Waals surface area contributed by atoms with Gasteiger partial charge >= 0.3 is 0 Å². The van der Waals surface area contributed by atoms with Crippen LogP contribution in [-0.4, -0.2) is 17.1 Å². The largest absolute Gasteiger partial charge is 0.272 e. The quantitative estimate of drug-likeness (QED) is 0.347. The molecule has 3 aromatic carbocycles. The Kier molecular flexibility index (Phi) is 5.26. The van der Waals surface area contributed by atoms with Crippen molar-refractivity contribution < 1.29 is 4.79 Å². The maximum absolute atomic E-state index is 12.8. The fraction of sp³-hybridized carbons (Fsp3) is 0. The zero-order valence-electron chi connectivity index (χ0n) is 14.8. The third-order valence-electron chi connectivity index (χ3n) is 4.28. The molecule has 0 radical (unpaired) electrons. The average Bonchev–Trinajstić information content (AvgIpc) is 2.75. The number of halogens is 1. The molecule has 0 bridgehead atoms. The SMILES string of the molecule is O=C(N/N=C\c1ccc(Br)cc1)c1cc(-c2ccccc2)nc2ccccc12. The molecule has 4 aromatic rings. The van der Waals surface area contributed by atoms with E-state index in [9.17, 15) is 4.79 Å². The van der Waals surface area contributed by atoms with E-state index in [1.807, 2.05) is 84.9 Å². The summed E-state index contributed by atoms with van der Waals surface area (Å²) in [5.74, 6) is -0.274. The number of benzene rings is 3. The molecule has 0 saturated carbocycles. The number of carbonyl (C=O) groups is 1. The van der Waals surface area contributed by atoms with Crippen LogP contribution in [0.25, 0.3) is 22.2 Å². The summed E-state index contributed by atoms with van der Waals surface area (Å²) in [4.78, 5) is 17.5. The highest BCUT2D eigenvalue weighted by Gasteiger charge is 2.13. The predicted octanol–water partition coefficient (Wildman–Crippen LogP) is 5.43. The lowest BCUT2D eigenvalue weighted by atomic mass is 10.0. The smallest absolute Gasteiger partial charge is 0.267 e. The molecule has 1 N–H and O–H groups in total. The van der Waals surface area contributed by atoms with Crippen LogP contribution in [0, 0.1) is 0 Å². The summed E-state index contributed by atoms with van der Waals surface area (Å²) in [6.45, 7) is 0. The van der Waals surface area contributed by atoms with Crippen LogP contribution in [0.5, 0.6) is 0 Å². The normalized spacial score (nSPS) is 11.0. The molecule has 4 rings (SSSR count). The van der Waals surface area contributed by atoms with Crippen LogP contribution in [0.4, 0.5) is 0 Å². The molecule has 0 aliphatic rings. The van der Waals surface area contributed by atoms with Gasteiger partial charge in [0.05, 0.1) is 23.0 Å². The van der Waals surface area contributed by atoms with Gasteiger partial charge in [-0.25, -0.2) is 10.4 Å². The first-order valence-electron chi connectivity index (χ1n) is 8.75. The van der Waals surface area contributed by atoms with E-state index in [1.54, 1.807) is 6.21 Å². The van der Waals surface area contributed by atoms with Crippen molar-refractivity contribution in [3.05, 3.63) is 101 Å². The van der Waals surface area contributed by atoms with Gasteiger partial charge in [-0.1, -0.05) is 76.6 Å². The highest BCUT2D eigenvalue weighted by atomic mass is 79.9. The molecule has 4 nitrogen and oxygen atoms in total. The first-order chi connectivity index (χ1) is 13.7. The Bertz CT molecular complexity index is 1160. The minimum absolute atomic E-state index is 0.274. The molecule has 5 heteroatoms. The van der Waals surface area contributed by atoms with Crippen LogP contribution >= 0.6 is 15.9 Å². The average molecular weight is 430 g/mol. The number of nitrogens with zero attached hydrogens (tertiary/aromatic N) is 2. The Labute approximate surface area is 171 Å². The molecule has 0 atom stereocenters. The highest BCUT2D eigenvalue weighted by molar-refractivity contribution is 9.10. The van der Waals surface area contributed by atoms with Crippen LogP contribution in [0.3, 0.4) is 0 Å². The van der Waals surface area contributed by atoms with Gasteiger partial charge < -0.3 is 0 Å². The molecular weight excluding hydrogens is 414 g/mol. The van der Waals surface area contributed by atoms with E-state index >= 15 is 0 Å². The van der Waals surface area contributed by atoms with Gasteiger partial charge in [0.1, 0.15) is 0 Å². The lowest BCUT2D eigenvalue weighted by molar-refractivity contribution is 0.0957. The van der Waals surface area contributed by atoms with Crippen LogP contribution in [0.1, 0.15) is 15.9 Å². The van der Waals surface area contributed by atoms with E-state index in [0.717, 1.165) is 32.2 Å². The summed E-state index contributed by atoms with van der Waals surface area (Å²) in [5, 5.41) is 4.89. The lowest BCUT2D eigenvalue weighted by Gasteiger charge is -2.09. The first-order valence-corrected chi connectivity index (χ1v) is 9.54. The molecule has 136 valence electrons. The molecule has 0 spiro atoms. The second-order valence-corrected chi connectivity index (χ2v) is 7.10. The third kappa shape index (κ3) is 4.00. The fourth-order valence-electron chi connectivity index (χ4n) is 2.89. The minimum atomic E-state index is -0.274. The molecule has 28 heavy (non-hydrogen) atoms. The number of pyridine rings is 1. The van der Waals surface area contributed by atoms with E-state index in [0.29, 0.717) is 5.56 Å². The van der Waals surface area contributed by atoms with E-state index in [-0.39, 0.29) is 5.91 Å². The number of nitrogens with one attached hydrogen (secondary N) is 1. The van der Waals surface area contributed by atoms with Gasteiger partial charge in [-0.15, -0.1) is 0 Å². The Hall–Kier alpha value is -3.31. The van der Waals surface area contributed by atoms with Crippen molar-refractivity contribution >= 4 is 39.0 Å². The monoisotopic (exact) mass is 429 g/mol. The van der Waals surface area contributed by atoms with E-state index in [2.05, 4.69) is 26.5 Å². The van der Waals surface area contributed by atoms with Crippen LogP contribution < -0.4 is 5.43 Å². The zero-order valence-corrected chi connectivity index (χ0v) is 16.4. The van der Waals surface area contributed by atoms with Crippen molar-refractivity contribution in [1.29, 1.82) is 0 Å². The Balaban J connectivity index is 1.66. The number of fused-ring (bicyclic) bond motifs is 1. The van der Waals surface area contributed by atoms with Crippen molar-refractivity contribution in [2.75, 3.05) is 0 Å². The number of hydrogen-bond acceptors (Lipinski definition) is 3. The molecule has 1 amide bonds. The Morgan fingerprint density at radius 3 is 2.43 bits per heavy atom. The molecule has 0 unspecified atom stereocenters. The molecule has 0 aliphatic heterocycles. The second-order valence-electron chi connectivity index (χ2n) is 6.19. The van der Waals surface area contributed by atoms with Crippen molar-refractivity contribution in [1.82, 2.24) is 10.4 Å². The minimum Gasteiger partial charge on any atom is -0.267 e. The molecule has 0 saturated heterocycles.